The summed E-state index contributed by atoms with van der Waals surface area (Å²) in [6.45, 7) is 0.997. The fourth-order valence-corrected chi connectivity index (χ4v) is 1.26. The number of alkyl halides is 1. The lowest BCUT2D eigenvalue weighted by atomic mass is 9.95. The summed E-state index contributed by atoms with van der Waals surface area (Å²) < 4.78 is 18.1. The summed E-state index contributed by atoms with van der Waals surface area (Å²) >= 11 is 0. The predicted octanol–water partition coefficient (Wildman–Crippen LogP) is 1.62. The van der Waals surface area contributed by atoms with Gasteiger partial charge in [-0.15, -0.1) is 0 Å². The van der Waals surface area contributed by atoms with Gasteiger partial charge in [0.25, 0.3) is 0 Å². The molecule has 3 nitrogen and oxygen atoms in total. The number of halogens is 1. The Balaban J connectivity index is 2.94. The van der Waals surface area contributed by atoms with Crippen molar-refractivity contribution in [3.05, 3.63) is 35.9 Å². The van der Waals surface area contributed by atoms with E-state index in [1.807, 2.05) is 0 Å². The second kappa shape index (κ2) is 4.40. The normalized spacial score (nSPS) is 16.5. The van der Waals surface area contributed by atoms with Gasteiger partial charge in [0.2, 0.25) is 5.67 Å². The molecule has 2 atom stereocenters. The van der Waals surface area contributed by atoms with Crippen molar-refractivity contribution in [2.75, 3.05) is 7.11 Å². The molecule has 4 heteroatoms. The molecule has 82 valence electrons. The fraction of sp³-hybridized carbons (Fsp3) is 0.364. The van der Waals surface area contributed by atoms with Gasteiger partial charge in [-0.2, -0.15) is 0 Å². The van der Waals surface area contributed by atoms with Crippen LogP contribution in [-0.2, 0) is 9.53 Å². The Bertz CT molecular complexity index is 335. The Morgan fingerprint density at radius 2 is 2.00 bits per heavy atom. The lowest BCUT2D eigenvalue weighted by Gasteiger charge is -2.23. The first-order chi connectivity index (χ1) is 7.00. The molecule has 0 heterocycles. The minimum absolute atomic E-state index is 0.341. The van der Waals surface area contributed by atoms with Gasteiger partial charge < -0.3 is 9.84 Å². The van der Waals surface area contributed by atoms with E-state index in [4.69, 9.17) is 0 Å². The van der Waals surface area contributed by atoms with Gasteiger partial charge in [0, 0.05) is 0 Å². The Kier molecular flexibility index (Phi) is 3.42. The Morgan fingerprint density at radius 1 is 1.47 bits per heavy atom. The van der Waals surface area contributed by atoms with Crippen molar-refractivity contribution in [2.24, 2.45) is 0 Å². The van der Waals surface area contributed by atoms with E-state index in [2.05, 4.69) is 4.74 Å². The van der Waals surface area contributed by atoms with E-state index in [9.17, 15) is 14.3 Å². The average Bonchev–Trinajstić information content (AvgIpc) is 2.28. The molecule has 0 radical (unpaired) electrons. The SMILES string of the molecule is COC(=O)[C@](C)(F)[C@H](O)c1ccccc1. The first kappa shape index (κ1) is 11.7. The Morgan fingerprint density at radius 3 is 2.47 bits per heavy atom. The maximum atomic E-state index is 13.8. The molecule has 0 aromatic heterocycles. The van der Waals surface area contributed by atoms with Crippen molar-refractivity contribution in [3.8, 4) is 0 Å². The number of benzene rings is 1. The van der Waals surface area contributed by atoms with E-state index in [1.54, 1.807) is 30.3 Å². The van der Waals surface area contributed by atoms with Gasteiger partial charge in [0.15, 0.2) is 0 Å². The maximum absolute atomic E-state index is 13.8. The number of rotatable bonds is 3. The molecule has 1 N–H and O–H groups in total. The minimum Gasteiger partial charge on any atom is -0.467 e. The highest BCUT2D eigenvalue weighted by molar-refractivity contribution is 5.79. The summed E-state index contributed by atoms with van der Waals surface area (Å²) in [5.74, 6) is -1.08. The number of ether oxygens (including phenoxy) is 1. The van der Waals surface area contributed by atoms with Crippen LogP contribution in [0.1, 0.15) is 18.6 Å². The van der Waals surface area contributed by atoms with Crippen LogP contribution in [0.15, 0.2) is 30.3 Å². The molecule has 1 aromatic rings. The molecule has 0 aliphatic heterocycles. The summed E-state index contributed by atoms with van der Waals surface area (Å²) in [5, 5.41) is 9.67. The molecule has 0 saturated carbocycles. The number of hydrogen-bond donors (Lipinski definition) is 1. The van der Waals surface area contributed by atoms with Gasteiger partial charge in [0.05, 0.1) is 7.11 Å². The number of carbonyl (C=O) groups is 1. The number of hydrogen-bond acceptors (Lipinski definition) is 3. The van der Waals surface area contributed by atoms with Crippen molar-refractivity contribution in [2.45, 2.75) is 18.7 Å². The third-order valence-electron chi connectivity index (χ3n) is 2.21. The molecule has 0 amide bonds. The number of aliphatic hydroxyl groups is 1. The topological polar surface area (TPSA) is 46.5 Å². The third-order valence-corrected chi connectivity index (χ3v) is 2.21. The zero-order chi connectivity index (χ0) is 11.5. The Hall–Kier alpha value is -1.42. The number of esters is 1. The lowest BCUT2D eigenvalue weighted by Crippen LogP contribution is -2.38. The van der Waals surface area contributed by atoms with Crippen LogP contribution < -0.4 is 0 Å². The van der Waals surface area contributed by atoms with Gasteiger partial charge >= 0.3 is 5.97 Å². The van der Waals surface area contributed by atoms with Crippen LogP contribution in [0.5, 0.6) is 0 Å². The average molecular weight is 212 g/mol. The molecule has 0 aliphatic carbocycles. The van der Waals surface area contributed by atoms with Crippen LogP contribution in [0.3, 0.4) is 0 Å². The van der Waals surface area contributed by atoms with Crippen LogP contribution in [0.2, 0.25) is 0 Å². The third kappa shape index (κ3) is 2.33. The summed E-state index contributed by atoms with van der Waals surface area (Å²) in [5.41, 5.74) is -2.09. The van der Waals surface area contributed by atoms with E-state index in [0.717, 1.165) is 14.0 Å². The van der Waals surface area contributed by atoms with Crippen LogP contribution in [0, 0.1) is 0 Å². The highest BCUT2D eigenvalue weighted by Gasteiger charge is 2.42. The van der Waals surface area contributed by atoms with Crippen molar-refractivity contribution < 1.29 is 19.0 Å². The van der Waals surface area contributed by atoms with E-state index in [-0.39, 0.29) is 0 Å². The van der Waals surface area contributed by atoms with Crippen molar-refractivity contribution in [3.63, 3.8) is 0 Å². The smallest absolute Gasteiger partial charge is 0.346 e. The quantitative estimate of drug-likeness (QED) is 0.774. The van der Waals surface area contributed by atoms with Crippen LogP contribution in [0.4, 0.5) is 4.39 Å². The van der Waals surface area contributed by atoms with Gasteiger partial charge in [0.1, 0.15) is 6.10 Å². The molecule has 0 unspecified atom stereocenters. The van der Waals surface area contributed by atoms with Crippen molar-refractivity contribution >= 4 is 5.97 Å². The largest absolute Gasteiger partial charge is 0.467 e. The van der Waals surface area contributed by atoms with E-state index >= 15 is 0 Å². The second-order valence-electron chi connectivity index (χ2n) is 3.38. The Labute approximate surface area is 87.5 Å². The van der Waals surface area contributed by atoms with Gasteiger partial charge in [-0.3, -0.25) is 0 Å². The second-order valence-corrected chi connectivity index (χ2v) is 3.38. The van der Waals surface area contributed by atoms with Crippen molar-refractivity contribution in [1.82, 2.24) is 0 Å². The number of methoxy groups -OCH3 is 1. The molecule has 0 fully saturated rings. The van der Waals surface area contributed by atoms with Gasteiger partial charge in [-0.05, 0) is 12.5 Å². The van der Waals surface area contributed by atoms with E-state index < -0.39 is 17.7 Å². The first-order valence-electron chi connectivity index (χ1n) is 4.50. The monoisotopic (exact) mass is 212 g/mol. The highest BCUT2D eigenvalue weighted by Crippen LogP contribution is 2.30. The first-order valence-corrected chi connectivity index (χ1v) is 4.50. The van der Waals surface area contributed by atoms with Gasteiger partial charge in [-0.1, -0.05) is 30.3 Å². The van der Waals surface area contributed by atoms with Crippen LogP contribution >= 0.6 is 0 Å². The minimum atomic E-state index is -2.43. The van der Waals surface area contributed by atoms with Crippen molar-refractivity contribution in [1.29, 1.82) is 0 Å². The molecule has 0 aliphatic rings. The molecular weight excluding hydrogens is 199 g/mol. The standard InChI is InChI=1S/C11H13FO3/c1-11(12,10(14)15-2)9(13)8-6-4-3-5-7-8/h3-7,9,13H,1-2H3/t9-,11-/m1/s1. The number of carbonyl (C=O) groups excluding carboxylic acids is 1. The summed E-state index contributed by atoms with van der Waals surface area (Å²) in [4.78, 5) is 11.1. The van der Waals surface area contributed by atoms with E-state index in [0.29, 0.717) is 5.56 Å². The molecule has 1 aromatic carbocycles. The highest BCUT2D eigenvalue weighted by atomic mass is 19.1. The molecule has 0 saturated heterocycles. The summed E-state index contributed by atoms with van der Waals surface area (Å²) in [6, 6.07) is 8.15. The fourth-order valence-electron chi connectivity index (χ4n) is 1.26. The lowest BCUT2D eigenvalue weighted by molar-refractivity contribution is -0.161. The molecule has 15 heavy (non-hydrogen) atoms. The van der Waals surface area contributed by atoms with Gasteiger partial charge in [-0.25, -0.2) is 9.18 Å². The molecule has 0 bridgehead atoms. The van der Waals surface area contributed by atoms with Crippen LogP contribution in [0.25, 0.3) is 0 Å². The summed E-state index contributed by atoms with van der Waals surface area (Å²) in [7, 11) is 1.08. The molecule has 0 spiro atoms. The zero-order valence-corrected chi connectivity index (χ0v) is 8.61. The van der Waals surface area contributed by atoms with E-state index in [1.165, 1.54) is 0 Å². The maximum Gasteiger partial charge on any atom is 0.346 e. The molecular formula is C11H13FO3. The zero-order valence-electron chi connectivity index (χ0n) is 8.61. The number of aliphatic hydroxyl groups excluding tert-OH is 1. The molecule has 1 rings (SSSR count). The summed E-state index contributed by atoms with van der Waals surface area (Å²) in [6.07, 6.45) is -1.52. The van der Waals surface area contributed by atoms with Crippen LogP contribution in [-0.4, -0.2) is 23.9 Å². The predicted molar refractivity (Wildman–Crippen MR) is 52.9 cm³/mol.